The van der Waals surface area contributed by atoms with Gasteiger partial charge in [0.25, 0.3) is 0 Å². The Morgan fingerprint density at radius 3 is 2.28 bits per heavy atom. The van der Waals surface area contributed by atoms with Gasteiger partial charge in [0.05, 0.1) is 30.5 Å². The van der Waals surface area contributed by atoms with E-state index in [0.29, 0.717) is 0 Å². The number of hydrogen-bond acceptors (Lipinski definition) is 3. The van der Waals surface area contributed by atoms with Gasteiger partial charge in [-0.15, -0.1) is 54.1 Å². The van der Waals surface area contributed by atoms with E-state index >= 15 is 0 Å². The van der Waals surface area contributed by atoms with Gasteiger partial charge in [-0.3, -0.25) is 4.98 Å². The minimum atomic E-state index is -1.37. The van der Waals surface area contributed by atoms with Crippen LogP contribution in [0.3, 0.4) is 0 Å². The average molecular weight is 814 g/mol. The van der Waals surface area contributed by atoms with Gasteiger partial charge >= 0.3 is 0 Å². The summed E-state index contributed by atoms with van der Waals surface area (Å²) in [6.07, 6.45) is 3.21. The largest absolute Gasteiger partial charge is 0.501 e. The van der Waals surface area contributed by atoms with E-state index < -0.39 is 8.07 Å². The molecule has 3 heterocycles. The first kappa shape index (κ1) is 34.5. The van der Waals surface area contributed by atoms with Crippen molar-refractivity contribution in [2.75, 3.05) is 0 Å². The molecule has 0 aliphatic rings. The van der Waals surface area contributed by atoms with Gasteiger partial charge in [-0.25, -0.2) is 0 Å². The summed E-state index contributed by atoms with van der Waals surface area (Å²) >= 11 is 0. The Morgan fingerprint density at radius 2 is 1.57 bits per heavy atom. The number of para-hydroxylation sites is 3. The molecule has 0 atom stereocenters. The Labute approximate surface area is 293 Å². The summed E-state index contributed by atoms with van der Waals surface area (Å²) in [5.74, 6) is 0.904. The molecule has 0 unspecified atom stereocenters. The van der Waals surface area contributed by atoms with Crippen LogP contribution in [0.15, 0.2) is 102 Å². The summed E-state index contributed by atoms with van der Waals surface area (Å²) in [5.41, 5.74) is 8.65. The van der Waals surface area contributed by atoms with Gasteiger partial charge in [0, 0.05) is 37.7 Å². The van der Waals surface area contributed by atoms with Crippen molar-refractivity contribution in [1.82, 2.24) is 14.5 Å². The van der Waals surface area contributed by atoms with Gasteiger partial charge in [0.15, 0.2) is 0 Å². The summed E-state index contributed by atoms with van der Waals surface area (Å²) in [5, 5.41) is 3.71. The molecule has 6 heteroatoms. The van der Waals surface area contributed by atoms with E-state index in [2.05, 4.69) is 120 Å². The number of benzene rings is 4. The first-order valence-electron chi connectivity index (χ1n) is 16.2. The fraction of sp³-hybridized carbons (Fsp3) is 0.268. The smallest absolute Gasteiger partial charge is 0.120 e. The Morgan fingerprint density at radius 1 is 0.851 bits per heavy atom. The van der Waals surface area contributed by atoms with E-state index in [4.69, 9.17) is 14.4 Å². The van der Waals surface area contributed by atoms with Crippen LogP contribution in [-0.2, 0) is 26.5 Å². The molecule has 0 bridgehead atoms. The third-order valence-electron chi connectivity index (χ3n) is 8.18. The Kier molecular flexibility index (Phi) is 10.1. The third kappa shape index (κ3) is 7.36. The number of pyridine rings is 1. The van der Waals surface area contributed by atoms with Gasteiger partial charge in [-0.05, 0) is 54.8 Å². The van der Waals surface area contributed by atoms with Crippen LogP contribution in [0.5, 0.6) is 0 Å². The van der Waals surface area contributed by atoms with Crippen molar-refractivity contribution < 1.29 is 24.5 Å². The average Bonchev–Trinajstić information content (AvgIpc) is 3.59. The van der Waals surface area contributed by atoms with Gasteiger partial charge in [-0.2, -0.15) is 0 Å². The number of fused-ring (bicyclic) bond motifs is 4. The molecule has 0 amide bonds. The summed E-state index contributed by atoms with van der Waals surface area (Å²) < 4.78 is 8.44. The van der Waals surface area contributed by atoms with Crippen LogP contribution in [0, 0.1) is 17.5 Å². The quantitative estimate of drug-likeness (QED) is 0.128. The minimum absolute atomic E-state index is 0. The maximum atomic E-state index is 6.18. The van der Waals surface area contributed by atoms with Crippen molar-refractivity contribution in [3.8, 4) is 22.6 Å². The van der Waals surface area contributed by atoms with E-state index in [1.54, 1.807) is 0 Å². The summed E-state index contributed by atoms with van der Waals surface area (Å²) in [6.45, 7) is 18.4. The number of nitrogens with zero attached hydrogens (tertiary/aromatic N) is 3. The van der Waals surface area contributed by atoms with E-state index in [9.17, 15) is 0 Å². The van der Waals surface area contributed by atoms with E-state index in [-0.39, 0.29) is 31.6 Å². The van der Waals surface area contributed by atoms with Crippen LogP contribution in [0.2, 0.25) is 19.6 Å². The van der Waals surface area contributed by atoms with Crippen LogP contribution in [0.1, 0.15) is 46.2 Å². The summed E-state index contributed by atoms with van der Waals surface area (Å²) in [7, 11) is -1.37. The molecule has 0 aliphatic carbocycles. The molecule has 47 heavy (non-hydrogen) atoms. The van der Waals surface area contributed by atoms with Crippen molar-refractivity contribution in [2.24, 2.45) is 5.41 Å². The van der Waals surface area contributed by atoms with Crippen LogP contribution in [-0.4, -0.2) is 22.6 Å². The molecule has 3 aromatic heterocycles. The number of furan rings is 1. The van der Waals surface area contributed by atoms with Gasteiger partial charge < -0.3 is 14.0 Å². The molecular weight excluding hydrogens is 771 g/mol. The van der Waals surface area contributed by atoms with E-state index in [1.807, 2.05) is 48.5 Å². The van der Waals surface area contributed by atoms with Crippen LogP contribution in [0.25, 0.3) is 55.6 Å². The monoisotopic (exact) mass is 814 g/mol. The molecule has 0 spiro atoms. The van der Waals surface area contributed by atoms with Crippen molar-refractivity contribution in [2.45, 2.75) is 66.7 Å². The molecule has 7 aromatic rings. The normalized spacial score (nSPS) is 11.9. The molecular formula is C41H43IrN3OSi-2. The number of rotatable bonds is 5. The van der Waals surface area contributed by atoms with Crippen LogP contribution >= 0.6 is 0 Å². The maximum Gasteiger partial charge on any atom is 0.120 e. The molecule has 0 saturated carbocycles. The SMILES string of the molecule is CC(C)(C)Cc1cc(-c2[c-]cccc2)ncc1[Si](C)(C)C.CC(C)n1c(-c2[c-]ccc3c2oc2ccccc23)nc2ccccc21.[Ir]. The third-order valence-corrected chi connectivity index (χ3v) is 10.2. The molecule has 0 fully saturated rings. The zero-order valence-corrected chi connectivity index (χ0v) is 32.0. The zero-order valence-electron chi connectivity index (χ0n) is 28.6. The van der Waals surface area contributed by atoms with Crippen LogP contribution in [0.4, 0.5) is 0 Å². The predicted octanol–water partition coefficient (Wildman–Crippen LogP) is 10.7. The second kappa shape index (κ2) is 13.7. The van der Waals surface area contributed by atoms with Gasteiger partial charge in [-0.1, -0.05) is 93.3 Å². The Bertz CT molecular complexity index is 2130. The summed E-state index contributed by atoms with van der Waals surface area (Å²) in [4.78, 5) is 9.61. The minimum Gasteiger partial charge on any atom is -0.501 e. The molecule has 0 saturated heterocycles. The van der Waals surface area contributed by atoms with Crippen molar-refractivity contribution in [3.05, 3.63) is 115 Å². The second-order valence-electron chi connectivity index (χ2n) is 14.6. The molecule has 4 nitrogen and oxygen atoms in total. The summed E-state index contributed by atoms with van der Waals surface area (Å²) in [6, 6.07) is 37.7. The first-order chi connectivity index (χ1) is 21.9. The number of imidazole rings is 1. The van der Waals surface area contributed by atoms with Gasteiger partial charge in [0.1, 0.15) is 5.58 Å². The predicted molar refractivity (Wildman–Crippen MR) is 196 cm³/mol. The molecule has 0 aliphatic heterocycles. The fourth-order valence-electron chi connectivity index (χ4n) is 6.19. The Balaban J connectivity index is 0.000000184. The standard InChI is InChI=1S/C22H17N2O.C19H26NSi.Ir/c1-14(2)24-19-12-5-4-11-18(19)23-22(24)17-10-7-9-16-15-8-3-6-13-20(15)25-21(16)17;1-19(2,3)13-16-12-17(15-10-8-7-9-11-15)20-14-18(16)21(4,5)6;/h3-9,11-14H,1-2H3;7-10,12,14H,13H2,1-6H3;/q2*-1;. The fourth-order valence-corrected chi connectivity index (χ4v) is 7.77. The second-order valence-corrected chi connectivity index (χ2v) is 19.6. The first-order valence-corrected chi connectivity index (χ1v) is 19.7. The molecule has 0 N–H and O–H groups in total. The van der Waals surface area contributed by atoms with E-state index in [1.165, 1.54) is 10.8 Å². The topological polar surface area (TPSA) is 43.9 Å². The number of hydrogen-bond donors (Lipinski definition) is 0. The molecule has 7 rings (SSSR count). The van der Waals surface area contributed by atoms with E-state index in [0.717, 1.165) is 62.0 Å². The maximum absolute atomic E-state index is 6.18. The number of aromatic nitrogens is 3. The van der Waals surface area contributed by atoms with Crippen molar-refractivity contribution in [3.63, 3.8) is 0 Å². The van der Waals surface area contributed by atoms with Crippen molar-refractivity contribution in [1.29, 1.82) is 0 Å². The molecule has 1 radical (unpaired) electrons. The van der Waals surface area contributed by atoms with Gasteiger partial charge in [0.2, 0.25) is 0 Å². The van der Waals surface area contributed by atoms with Crippen molar-refractivity contribution >= 4 is 46.2 Å². The Hall–Kier alpha value is -3.83. The van der Waals surface area contributed by atoms with Crippen LogP contribution < -0.4 is 5.19 Å². The zero-order chi connectivity index (χ0) is 32.6. The molecule has 4 aromatic carbocycles. The molecule has 243 valence electrons.